The lowest BCUT2D eigenvalue weighted by Gasteiger charge is -2.26. The molecule has 3 heteroatoms. The van der Waals surface area contributed by atoms with Crippen LogP contribution in [0.15, 0.2) is 22.7 Å². The van der Waals surface area contributed by atoms with Gasteiger partial charge in [-0.2, -0.15) is 0 Å². The molecule has 0 radical (unpaired) electrons. The van der Waals surface area contributed by atoms with Crippen LogP contribution in [0.1, 0.15) is 37.4 Å². The Labute approximate surface area is 112 Å². The zero-order valence-electron chi connectivity index (χ0n) is 10.7. The fourth-order valence-corrected chi connectivity index (χ4v) is 2.65. The second-order valence-corrected chi connectivity index (χ2v) is 6.19. The number of fused-ring (bicyclic) bond motifs is 1. The minimum atomic E-state index is -0.0991. The van der Waals surface area contributed by atoms with Crippen molar-refractivity contribution in [2.75, 3.05) is 13.7 Å². The van der Waals surface area contributed by atoms with E-state index < -0.39 is 0 Å². The molecule has 1 atom stereocenters. The predicted molar refractivity (Wildman–Crippen MR) is 74.3 cm³/mol. The Balaban J connectivity index is 2.03. The average Bonchev–Trinajstić information content (AvgIpc) is 2.69. The maximum Gasteiger partial charge on any atom is 0.0746 e. The molecular formula is C14H20BrNO. The topological polar surface area (TPSA) is 21.3 Å². The fraction of sp³-hybridized carbons (Fsp3) is 0.571. The highest BCUT2D eigenvalue weighted by atomic mass is 79.9. The molecule has 17 heavy (non-hydrogen) atoms. The number of hydrogen-bond donors (Lipinski definition) is 1. The Morgan fingerprint density at radius 2 is 2.24 bits per heavy atom. The summed E-state index contributed by atoms with van der Waals surface area (Å²) in [5, 5.41) is 3.61. The molecule has 2 nitrogen and oxygen atoms in total. The Bertz CT molecular complexity index is 403. The van der Waals surface area contributed by atoms with Gasteiger partial charge in [0.15, 0.2) is 0 Å². The van der Waals surface area contributed by atoms with E-state index in [4.69, 9.17) is 4.74 Å². The first kappa shape index (κ1) is 13.1. The van der Waals surface area contributed by atoms with Crippen molar-refractivity contribution in [3.05, 3.63) is 33.8 Å². The van der Waals surface area contributed by atoms with E-state index in [2.05, 4.69) is 53.3 Å². The third-order valence-electron chi connectivity index (χ3n) is 3.51. The van der Waals surface area contributed by atoms with E-state index in [0.29, 0.717) is 6.04 Å². The number of halogens is 1. The van der Waals surface area contributed by atoms with E-state index >= 15 is 0 Å². The standard InChI is InChI=1S/C14H20BrNO/c1-14(2,17-3)9-16-13-7-4-10-8-11(15)5-6-12(10)13/h5-6,8,13,16H,4,7,9H2,1-3H3. The normalized spacial score (nSPS) is 19.4. The van der Waals surface area contributed by atoms with Gasteiger partial charge in [0.25, 0.3) is 0 Å². The molecule has 0 bridgehead atoms. The first-order valence-electron chi connectivity index (χ1n) is 6.09. The van der Waals surface area contributed by atoms with E-state index in [-0.39, 0.29) is 5.60 Å². The van der Waals surface area contributed by atoms with Crippen LogP contribution in [0.2, 0.25) is 0 Å². The van der Waals surface area contributed by atoms with Gasteiger partial charge in [-0.15, -0.1) is 0 Å². The minimum Gasteiger partial charge on any atom is -0.377 e. The van der Waals surface area contributed by atoms with Crippen molar-refractivity contribution < 1.29 is 4.74 Å². The van der Waals surface area contributed by atoms with Crippen LogP contribution >= 0.6 is 15.9 Å². The lowest BCUT2D eigenvalue weighted by Crippen LogP contribution is -2.38. The third-order valence-corrected chi connectivity index (χ3v) is 4.00. The van der Waals surface area contributed by atoms with E-state index in [1.807, 2.05) is 0 Å². The molecule has 0 saturated carbocycles. The highest BCUT2D eigenvalue weighted by molar-refractivity contribution is 9.10. The third kappa shape index (κ3) is 3.09. The van der Waals surface area contributed by atoms with Gasteiger partial charge < -0.3 is 10.1 Å². The largest absolute Gasteiger partial charge is 0.377 e. The van der Waals surface area contributed by atoms with Gasteiger partial charge in [-0.1, -0.05) is 22.0 Å². The smallest absolute Gasteiger partial charge is 0.0746 e. The van der Waals surface area contributed by atoms with Crippen molar-refractivity contribution in [3.63, 3.8) is 0 Å². The second kappa shape index (κ2) is 5.09. The summed E-state index contributed by atoms with van der Waals surface area (Å²) in [6.07, 6.45) is 2.35. The number of aryl methyl sites for hydroxylation is 1. The molecule has 1 aromatic rings. The van der Waals surface area contributed by atoms with Crippen LogP contribution in [0.4, 0.5) is 0 Å². The Hall–Kier alpha value is -0.380. The first-order valence-corrected chi connectivity index (χ1v) is 6.88. The molecule has 0 aromatic heterocycles. The van der Waals surface area contributed by atoms with E-state index in [9.17, 15) is 0 Å². The quantitative estimate of drug-likeness (QED) is 0.919. The molecule has 2 rings (SSSR count). The number of ether oxygens (including phenoxy) is 1. The zero-order valence-corrected chi connectivity index (χ0v) is 12.3. The molecule has 94 valence electrons. The van der Waals surface area contributed by atoms with Gasteiger partial charge in [-0.3, -0.25) is 0 Å². The lowest BCUT2D eigenvalue weighted by molar-refractivity contribution is 0.0210. The molecule has 0 saturated heterocycles. The molecule has 0 amide bonds. The Morgan fingerprint density at radius 3 is 2.94 bits per heavy atom. The van der Waals surface area contributed by atoms with Gasteiger partial charge >= 0.3 is 0 Å². The number of methoxy groups -OCH3 is 1. The summed E-state index contributed by atoms with van der Waals surface area (Å²) in [6, 6.07) is 7.07. The summed E-state index contributed by atoms with van der Waals surface area (Å²) >= 11 is 3.53. The highest BCUT2D eigenvalue weighted by Crippen LogP contribution is 2.33. The monoisotopic (exact) mass is 297 g/mol. The SMILES string of the molecule is COC(C)(C)CNC1CCc2cc(Br)ccc21. The van der Waals surface area contributed by atoms with Crippen molar-refractivity contribution in [2.24, 2.45) is 0 Å². The number of hydrogen-bond acceptors (Lipinski definition) is 2. The molecule has 1 aromatic carbocycles. The number of nitrogens with one attached hydrogen (secondary N) is 1. The fourth-order valence-electron chi connectivity index (χ4n) is 2.24. The van der Waals surface area contributed by atoms with Crippen molar-refractivity contribution in [3.8, 4) is 0 Å². The maximum atomic E-state index is 5.43. The van der Waals surface area contributed by atoms with Crippen LogP contribution in [-0.4, -0.2) is 19.3 Å². The van der Waals surface area contributed by atoms with Gasteiger partial charge in [0, 0.05) is 24.2 Å². The average molecular weight is 298 g/mol. The minimum absolute atomic E-state index is 0.0991. The number of rotatable bonds is 4. The highest BCUT2D eigenvalue weighted by Gasteiger charge is 2.24. The van der Waals surface area contributed by atoms with Crippen molar-refractivity contribution in [2.45, 2.75) is 38.3 Å². The summed E-state index contributed by atoms with van der Waals surface area (Å²) in [7, 11) is 1.77. The summed E-state index contributed by atoms with van der Waals surface area (Å²) in [4.78, 5) is 0. The van der Waals surface area contributed by atoms with E-state index in [1.165, 1.54) is 28.4 Å². The van der Waals surface area contributed by atoms with Crippen LogP contribution in [0.5, 0.6) is 0 Å². The Kier molecular flexibility index (Phi) is 3.91. The maximum absolute atomic E-state index is 5.43. The summed E-state index contributed by atoms with van der Waals surface area (Å²) < 4.78 is 6.61. The van der Waals surface area contributed by atoms with Gasteiger partial charge in [0.2, 0.25) is 0 Å². The van der Waals surface area contributed by atoms with E-state index in [0.717, 1.165) is 6.54 Å². The van der Waals surface area contributed by atoms with Crippen molar-refractivity contribution in [1.82, 2.24) is 5.32 Å². The van der Waals surface area contributed by atoms with Crippen LogP contribution in [0.25, 0.3) is 0 Å². The molecule has 1 N–H and O–H groups in total. The molecular weight excluding hydrogens is 278 g/mol. The van der Waals surface area contributed by atoms with Crippen molar-refractivity contribution in [1.29, 1.82) is 0 Å². The molecule has 1 unspecified atom stereocenters. The molecule has 0 fully saturated rings. The van der Waals surface area contributed by atoms with Gasteiger partial charge in [0.1, 0.15) is 0 Å². The van der Waals surface area contributed by atoms with E-state index in [1.54, 1.807) is 7.11 Å². The molecule has 1 aliphatic carbocycles. The molecule has 0 heterocycles. The first-order chi connectivity index (χ1) is 8.02. The van der Waals surface area contributed by atoms with Crippen LogP contribution < -0.4 is 5.32 Å². The zero-order chi connectivity index (χ0) is 12.5. The van der Waals surface area contributed by atoms with Crippen LogP contribution in [-0.2, 0) is 11.2 Å². The van der Waals surface area contributed by atoms with Crippen LogP contribution in [0, 0.1) is 0 Å². The van der Waals surface area contributed by atoms with Gasteiger partial charge in [0.05, 0.1) is 5.60 Å². The summed E-state index contributed by atoms with van der Waals surface area (Å²) in [6.45, 7) is 5.10. The number of benzene rings is 1. The second-order valence-electron chi connectivity index (χ2n) is 5.28. The molecule has 0 spiro atoms. The molecule has 0 aliphatic heterocycles. The van der Waals surface area contributed by atoms with Gasteiger partial charge in [-0.25, -0.2) is 0 Å². The predicted octanol–water partition coefficient (Wildman–Crippen LogP) is 3.45. The lowest BCUT2D eigenvalue weighted by atomic mass is 10.1. The van der Waals surface area contributed by atoms with Crippen molar-refractivity contribution >= 4 is 15.9 Å². The summed E-state index contributed by atoms with van der Waals surface area (Å²) in [5.41, 5.74) is 2.81. The summed E-state index contributed by atoms with van der Waals surface area (Å²) in [5.74, 6) is 0. The van der Waals surface area contributed by atoms with Crippen LogP contribution in [0.3, 0.4) is 0 Å². The van der Waals surface area contributed by atoms with Gasteiger partial charge in [-0.05, 0) is 49.9 Å². The molecule has 1 aliphatic rings. The Morgan fingerprint density at radius 1 is 1.47 bits per heavy atom.